The molecule has 0 saturated heterocycles. The van der Waals surface area contributed by atoms with Crippen molar-refractivity contribution in [1.29, 1.82) is 0 Å². The molecule has 1 N–H and O–H groups in total. The van der Waals surface area contributed by atoms with Crippen molar-refractivity contribution in [1.82, 2.24) is 5.32 Å². The molecule has 0 aliphatic heterocycles. The fraction of sp³-hybridized carbons (Fsp3) is 0.667. The van der Waals surface area contributed by atoms with E-state index in [1.165, 1.54) is 50.5 Å². The van der Waals surface area contributed by atoms with Crippen molar-refractivity contribution in [2.45, 2.75) is 69.6 Å². The Morgan fingerprint density at radius 2 is 1.85 bits per heavy atom. The Kier molecular flexibility index (Phi) is 4.42. The lowest BCUT2D eigenvalue weighted by Crippen LogP contribution is -2.45. The van der Waals surface area contributed by atoms with Crippen LogP contribution in [-0.4, -0.2) is 18.2 Å². The van der Waals surface area contributed by atoms with Crippen molar-refractivity contribution in [3.63, 3.8) is 0 Å². The summed E-state index contributed by atoms with van der Waals surface area (Å²) < 4.78 is 6.58. The summed E-state index contributed by atoms with van der Waals surface area (Å²) >= 11 is 0. The summed E-state index contributed by atoms with van der Waals surface area (Å²) in [5, 5.41) is 3.70. The van der Waals surface area contributed by atoms with Gasteiger partial charge < -0.3 is 10.1 Å². The zero-order valence-corrected chi connectivity index (χ0v) is 12.6. The van der Waals surface area contributed by atoms with Gasteiger partial charge in [-0.3, -0.25) is 0 Å². The number of hydrogen-bond donors (Lipinski definition) is 1. The molecule has 0 spiro atoms. The second kappa shape index (κ2) is 6.28. The average molecular weight is 273 g/mol. The highest BCUT2D eigenvalue weighted by molar-refractivity contribution is 5.17. The van der Waals surface area contributed by atoms with Crippen LogP contribution < -0.4 is 5.32 Å². The third kappa shape index (κ3) is 3.62. The van der Waals surface area contributed by atoms with Crippen molar-refractivity contribution in [3.8, 4) is 0 Å². The summed E-state index contributed by atoms with van der Waals surface area (Å²) in [5.41, 5.74) is 1.36. The zero-order valence-electron chi connectivity index (χ0n) is 12.6. The van der Waals surface area contributed by atoms with E-state index in [2.05, 4.69) is 42.6 Å². The average Bonchev–Trinajstić information content (AvgIpc) is 3.31. The summed E-state index contributed by atoms with van der Waals surface area (Å²) in [6.07, 6.45) is 9.31. The number of benzene rings is 1. The van der Waals surface area contributed by atoms with Gasteiger partial charge in [-0.25, -0.2) is 0 Å². The topological polar surface area (TPSA) is 21.3 Å². The van der Waals surface area contributed by atoms with E-state index in [1.807, 2.05) is 0 Å². The molecule has 2 heteroatoms. The number of ether oxygens (including phenoxy) is 1. The molecule has 3 rings (SSSR count). The highest BCUT2D eigenvalue weighted by Crippen LogP contribution is 2.36. The van der Waals surface area contributed by atoms with E-state index in [0.717, 1.165) is 12.6 Å². The predicted octanol–water partition coefficient (Wildman–Crippen LogP) is 4.22. The number of hydrogen-bond acceptors (Lipinski definition) is 2. The van der Waals surface area contributed by atoms with E-state index in [-0.39, 0.29) is 11.7 Å². The predicted molar refractivity (Wildman–Crippen MR) is 82.8 cm³/mol. The minimum Gasteiger partial charge on any atom is -0.366 e. The van der Waals surface area contributed by atoms with Crippen LogP contribution in [0.1, 0.15) is 63.5 Å². The molecular weight excluding hydrogens is 246 g/mol. The van der Waals surface area contributed by atoms with Crippen LogP contribution in [0.25, 0.3) is 0 Å². The van der Waals surface area contributed by atoms with Crippen LogP contribution in [0.4, 0.5) is 0 Å². The third-order valence-electron chi connectivity index (χ3n) is 4.75. The van der Waals surface area contributed by atoms with Crippen LogP contribution >= 0.6 is 0 Å². The van der Waals surface area contributed by atoms with Gasteiger partial charge in [0.2, 0.25) is 0 Å². The van der Waals surface area contributed by atoms with Crippen LogP contribution in [0.15, 0.2) is 30.3 Å². The maximum atomic E-state index is 6.58. The summed E-state index contributed by atoms with van der Waals surface area (Å²) in [6.45, 7) is 3.23. The number of nitrogens with one attached hydrogen (secondary N) is 1. The summed E-state index contributed by atoms with van der Waals surface area (Å²) in [6, 6.07) is 11.4. The largest absolute Gasteiger partial charge is 0.366 e. The molecule has 110 valence electrons. The van der Waals surface area contributed by atoms with Crippen molar-refractivity contribution >= 4 is 0 Å². The van der Waals surface area contributed by atoms with Gasteiger partial charge in [0.25, 0.3) is 0 Å². The van der Waals surface area contributed by atoms with Gasteiger partial charge in [0.1, 0.15) is 0 Å². The van der Waals surface area contributed by atoms with Crippen molar-refractivity contribution in [2.75, 3.05) is 6.54 Å². The summed E-state index contributed by atoms with van der Waals surface area (Å²) in [4.78, 5) is 0. The summed E-state index contributed by atoms with van der Waals surface area (Å²) in [7, 11) is 0. The van der Waals surface area contributed by atoms with Crippen LogP contribution in [0.3, 0.4) is 0 Å². The van der Waals surface area contributed by atoms with Crippen LogP contribution in [-0.2, 0) is 4.74 Å². The Hall–Kier alpha value is -0.860. The zero-order chi connectivity index (χ0) is 13.8. The fourth-order valence-corrected chi connectivity index (χ4v) is 3.32. The smallest absolute Gasteiger partial charge is 0.0814 e. The molecule has 1 atom stereocenters. The first kappa shape index (κ1) is 14.1. The second-order valence-corrected chi connectivity index (χ2v) is 6.57. The fourth-order valence-electron chi connectivity index (χ4n) is 3.32. The van der Waals surface area contributed by atoms with Gasteiger partial charge in [-0.05, 0) is 38.2 Å². The van der Waals surface area contributed by atoms with Crippen LogP contribution in [0.2, 0.25) is 0 Å². The van der Waals surface area contributed by atoms with Gasteiger partial charge in [0.15, 0.2) is 0 Å². The molecule has 0 aromatic heterocycles. The van der Waals surface area contributed by atoms with E-state index >= 15 is 0 Å². The normalized spacial score (nSPS) is 23.4. The molecule has 2 saturated carbocycles. The van der Waals surface area contributed by atoms with Gasteiger partial charge >= 0.3 is 0 Å². The minimum absolute atomic E-state index is 0.0656. The first-order chi connectivity index (χ1) is 9.77. The third-order valence-corrected chi connectivity index (χ3v) is 4.75. The molecule has 0 bridgehead atoms. The maximum Gasteiger partial charge on any atom is 0.0814 e. The first-order valence-electron chi connectivity index (χ1n) is 8.24. The monoisotopic (exact) mass is 273 g/mol. The molecule has 1 aromatic rings. The molecule has 1 unspecified atom stereocenters. The Labute approximate surface area is 122 Å². The van der Waals surface area contributed by atoms with Crippen molar-refractivity contribution in [3.05, 3.63) is 35.9 Å². The van der Waals surface area contributed by atoms with Gasteiger partial charge in [0, 0.05) is 12.6 Å². The Morgan fingerprint density at radius 1 is 1.15 bits per heavy atom. The van der Waals surface area contributed by atoms with E-state index < -0.39 is 0 Å². The molecule has 2 aliphatic carbocycles. The highest BCUT2D eigenvalue weighted by Gasteiger charge is 2.36. The Bertz CT molecular complexity index is 407. The Morgan fingerprint density at radius 3 is 2.50 bits per heavy atom. The lowest BCUT2D eigenvalue weighted by Gasteiger charge is -2.40. The van der Waals surface area contributed by atoms with E-state index in [4.69, 9.17) is 4.74 Å². The lowest BCUT2D eigenvalue weighted by atomic mass is 9.84. The quantitative estimate of drug-likeness (QED) is 0.838. The molecule has 20 heavy (non-hydrogen) atoms. The second-order valence-electron chi connectivity index (χ2n) is 6.57. The van der Waals surface area contributed by atoms with Gasteiger partial charge in [-0.2, -0.15) is 0 Å². The van der Waals surface area contributed by atoms with Crippen molar-refractivity contribution < 1.29 is 4.74 Å². The minimum atomic E-state index is 0.0656. The molecule has 2 fully saturated rings. The first-order valence-corrected chi connectivity index (χ1v) is 8.24. The molecule has 0 amide bonds. The van der Waals surface area contributed by atoms with E-state index in [9.17, 15) is 0 Å². The van der Waals surface area contributed by atoms with Crippen LogP contribution in [0, 0.1) is 0 Å². The molecule has 0 radical (unpaired) electrons. The number of rotatable bonds is 6. The highest BCUT2D eigenvalue weighted by atomic mass is 16.5. The SMILES string of the molecule is CC(OC1(CNC2CC2)CCCCC1)c1ccccc1. The summed E-state index contributed by atoms with van der Waals surface area (Å²) in [5.74, 6) is 0. The van der Waals surface area contributed by atoms with E-state index in [0.29, 0.717) is 0 Å². The van der Waals surface area contributed by atoms with Gasteiger partial charge in [0.05, 0.1) is 11.7 Å². The Balaban J connectivity index is 1.65. The van der Waals surface area contributed by atoms with E-state index in [1.54, 1.807) is 0 Å². The molecule has 2 nitrogen and oxygen atoms in total. The molecule has 1 aromatic carbocycles. The molecule has 0 heterocycles. The standard InChI is InChI=1S/C18H27NO/c1-15(16-8-4-2-5-9-16)20-18(12-6-3-7-13-18)14-19-17-10-11-17/h2,4-5,8-9,15,17,19H,3,6-7,10-14H2,1H3. The van der Waals surface area contributed by atoms with Gasteiger partial charge in [-0.1, -0.05) is 49.6 Å². The van der Waals surface area contributed by atoms with Crippen molar-refractivity contribution in [2.24, 2.45) is 0 Å². The van der Waals surface area contributed by atoms with Crippen LogP contribution in [0.5, 0.6) is 0 Å². The molecular formula is C18H27NO. The van der Waals surface area contributed by atoms with Gasteiger partial charge in [-0.15, -0.1) is 0 Å². The lowest BCUT2D eigenvalue weighted by molar-refractivity contribution is -0.108. The molecule has 2 aliphatic rings. The maximum absolute atomic E-state index is 6.58.